The van der Waals surface area contributed by atoms with Crippen molar-refractivity contribution in [1.29, 1.82) is 0 Å². The topological polar surface area (TPSA) is 84.3 Å². The Bertz CT molecular complexity index is 1450. The van der Waals surface area contributed by atoms with E-state index in [1.807, 2.05) is 66.2 Å². The van der Waals surface area contributed by atoms with Gasteiger partial charge in [0.2, 0.25) is 10.0 Å². The molecule has 0 aliphatic heterocycles. The maximum atomic E-state index is 13.3. The van der Waals surface area contributed by atoms with Gasteiger partial charge in [-0.05, 0) is 35.9 Å². The minimum atomic E-state index is -3.72. The first-order chi connectivity index (χ1) is 16.2. The van der Waals surface area contributed by atoms with E-state index >= 15 is 0 Å². The highest BCUT2D eigenvalue weighted by Crippen LogP contribution is 2.25. The summed E-state index contributed by atoms with van der Waals surface area (Å²) in [4.78, 5) is 18.1. The molecule has 4 rings (SSSR count). The molecule has 1 amide bonds. The second kappa shape index (κ2) is 9.58. The summed E-state index contributed by atoms with van der Waals surface area (Å²) in [5.74, 6) is 0.346. The van der Waals surface area contributed by atoms with Gasteiger partial charge in [0.1, 0.15) is 5.82 Å². The number of rotatable bonds is 7. The second-order valence-electron chi connectivity index (χ2n) is 8.15. The number of aromatic nitrogens is 2. The molecule has 1 atom stereocenters. The highest BCUT2D eigenvalue weighted by Gasteiger charge is 2.24. The van der Waals surface area contributed by atoms with Gasteiger partial charge in [-0.1, -0.05) is 54.1 Å². The Hall–Kier alpha value is -3.20. The van der Waals surface area contributed by atoms with Crippen molar-refractivity contribution in [2.45, 2.75) is 17.4 Å². The number of aryl methyl sites for hydroxylation is 1. The molecule has 0 aliphatic rings. The van der Waals surface area contributed by atoms with Crippen molar-refractivity contribution in [3.63, 3.8) is 0 Å². The molecule has 0 aliphatic carbocycles. The van der Waals surface area contributed by atoms with Crippen molar-refractivity contribution in [2.75, 3.05) is 14.1 Å². The molecule has 7 nitrogen and oxygen atoms in total. The number of fused-ring (bicyclic) bond motifs is 1. The molecule has 1 heterocycles. The Morgan fingerprint density at radius 2 is 1.74 bits per heavy atom. The first-order valence-electron chi connectivity index (χ1n) is 10.7. The smallest absolute Gasteiger partial charge is 0.253 e. The van der Waals surface area contributed by atoms with Crippen LogP contribution in [0, 0.1) is 0 Å². The van der Waals surface area contributed by atoms with Crippen molar-refractivity contribution < 1.29 is 13.2 Å². The molecule has 34 heavy (non-hydrogen) atoms. The van der Waals surface area contributed by atoms with Crippen molar-refractivity contribution in [3.05, 3.63) is 94.8 Å². The lowest BCUT2D eigenvalue weighted by Gasteiger charge is -2.20. The lowest BCUT2D eigenvalue weighted by molar-refractivity contribution is 0.0936. The van der Waals surface area contributed by atoms with Crippen LogP contribution in [0.4, 0.5) is 0 Å². The third-order valence-electron chi connectivity index (χ3n) is 5.73. The van der Waals surface area contributed by atoms with Crippen molar-refractivity contribution in [1.82, 2.24) is 19.2 Å². The van der Waals surface area contributed by atoms with Gasteiger partial charge < -0.3 is 9.88 Å². The van der Waals surface area contributed by atoms with Crippen LogP contribution < -0.4 is 5.32 Å². The van der Waals surface area contributed by atoms with E-state index in [2.05, 4.69) is 5.32 Å². The molecule has 0 saturated heterocycles. The largest absolute Gasteiger partial charge is 0.345 e. The molecule has 0 saturated carbocycles. The molecule has 0 spiro atoms. The van der Waals surface area contributed by atoms with Crippen LogP contribution in [0.5, 0.6) is 0 Å². The van der Waals surface area contributed by atoms with Gasteiger partial charge in [-0.25, -0.2) is 17.7 Å². The summed E-state index contributed by atoms with van der Waals surface area (Å²) in [7, 11) is 1.10. The first kappa shape index (κ1) is 23.9. The summed E-state index contributed by atoms with van der Waals surface area (Å²) in [6.45, 7) is 0. The number of carbonyl (C=O) groups excluding carboxylic acids is 1. The minimum absolute atomic E-state index is 0.00124. The monoisotopic (exact) mass is 496 g/mol. The summed E-state index contributed by atoms with van der Waals surface area (Å²) in [6, 6.07) is 21.1. The maximum Gasteiger partial charge on any atom is 0.253 e. The minimum Gasteiger partial charge on any atom is -0.345 e. The predicted molar refractivity (Wildman–Crippen MR) is 133 cm³/mol. The van der Waals surface area contributed by atoms with Gasteiger partial charge in [-0.15, -0.1) is 0 Å². The van der Waals surface area contributed by atoms with Gasteiger partial charge in [-0.3, -0.25) is 4.79 Å². The van der Waals surface area contributed by atoms with E-state index in [0.717, 1.165) is 26.7 Å². The van der Waals surface area contributed by atoms with Crippen LogP contribution in [0.15, 0.2) is 77.7 Å². The molecule has 176 valence electrons. The van der Waals surface area contributed by atoms with Gasteiger partial charge in [0.25, 0.3) is 5.91 Å². The van der Waals surface area contributed by atoms with E-state index < -0.39 is 22.0 Å². The van der Waals surface area contributed by atoms with Crippen LogP contribution in [-0.2, 0) is 23.5 Å². The average molecular weight is 497 g/mol. The maximum absolute atomic E-state index is 13.3. The van der Waals surface area contributed by atoms with E-state index in [1.54, 1.807) is 0 Å². The van der Waals surface area contributed by atoms with E-state index in [4.69, 9.17) is 16.6 Å². The third kappa shape index (κ3) is 4.70. The fourth-order valence-corrected chi connectivity index (χ4v) is 4.92. The van der Waals surface area contributed by atoms with Crippen molar-refractivity contribution in [3.8, 4) is 0 Å². The third-order valence-corrected chi connectivity index (χ3v) is 7.88. The molecule has 0 bridgehead atoms. The van der Waals surface area contributed by atoms with E-state index in [1.165, 1.54) is 32.3 Å². The molecule has 9 heteroatoms. The van der Waals surface area contributed by atoms with Gasteiger partial charge in [0.05, 0.1) is 32.6 Å². The van der Waals surface area contributed by atoms with Gasteiger partial charge >= 0.3 is 0 Å². The number of benzene rings is 3. The highest BCUT2D eigenvalue weighted by atomic mass is 35.5. The fourth-order valence-electron chi connectivity index (χ4n) is 3.78. The molecule has 0 radical (unpaired) electrons. The summed E-state index contributed by atoms with van der Waals surface area (Å²) in [5.41, 5.74) is 2.87. The first-order valence-corrected chi connectivity index (χ1v) is 12.5. The van der Waals surface area contributed by atoms with Gasteiger partial charge in [0, 0.05) is 27.6 Å². The molecule has 3 aromatic carbocycles. The molecule has 1 N–H and O–H groups in total. The summed E-state index contributed by atoms with van der Waals surface area (Å²) >= 11 is 6.30. The number of hydrogen-bond donors (Lipinski definition) is 1. The molecule has 0 unspecified atom stereocenters. The van der Waals surface area contributed by atoms with Crippen LogP contribution in [0.2, 0.25) is 5.02 Å². The Labute approximate surface area is 204 Å². The predicted octanol–water partition coefficient (Wildman–Crippen LogP) is 4.19. The normalized spacial score (nSPS) is 12.7. The Balaban J connectivity index is 1.69. The number of carbonyl (C=O) groups is 1. The summed E-state index contributed by atoms with van der Waals surface area (Å²) < 4.78 is 28.2. The van der Waals surface area contributed by atoms with Crippen molar-refractivity contribution in [2.24, 2.45) is 7.05 Å². The summed E-state index contributed by atoms with van der Waals surface area (Å²) in [5, 5.41) is 3.20. The molecule has 0 fully saturated rings. The Morgan fingerprint density at radius 3 is 2.41 bits per heavy atom. The fraction of sp³-hybridized carbons (Fsp3) is 0.200. The van der Waals surface area contributed by atoms with Crippen LogP contribution in [0.1, 0.15) is 27.8 Å². The number of halogens is 1. The molecule has 1 aromatic heterocycles. The number of sulfonamides is 1. The zero-order chi connectivity index (χ0) is 24.5. The lowest BCUT2D eigenvalue weighted by Crippen LogP contribution is -2.31. The number of imidazole rings is 1. The SMILES string of the molecule is CN(C)S(=O)(=O)c1ccc(Cl)c(C(=O)N[C@H](Cc2nc3ccccc3n2C)c2ccccc2)c1. The summed E-state index contributed by atoms with van der Waals surface area (Å²) in [6.07, 6.45) is 0.439. The number of para-hydroxylation sites is 2. The molecular weight excluding hydrogens is 472 g/mol. The van der Waals surface area contributed by atoms with E-state index in [-0.39, 0.29) is 15.5 Å². The lowest BCUT2D eigenvalue weighted by atomic mass is 10.0. The number of nitrogens with zero attached hydrogens (tertiary/aromatic N) is 3. The van der Waals surface area contributed by atoms with Crippen LogP contribution in [0.3, 0.4) is 0 Å². The van der Waals surface area contributed by atoms with E-state index in [0.29, 0.717) is 6.42 Å². The Morgan fingerprint density at radius 1 is 1.06 bits per heavy atom. The zero-order valence-corrected chi connectivity index (χ0v) is 20.6. The quantitative estimate of drug-likeness (QED) is 0.416. The van der Waals surface area contributed by atoms with E-state index in [9.17, 15) is 13.2 Å². The molecular formula is C25H25ClN4O3S. The number of hydrogen-bond acceptors (Lipinski definition) is 4. The number of nitrogens with one attached hydrogen (secondary N) is 1. The average Bonchev–Trinajstić information content (AvgIpc) is 3.14. The van der Waals surface area contributed by atoms with Crippen LogP contribution in [0.25, 0.3) is 11.0 Å². The number of amides is 1. The van der Waals surface area contributed by atoms with Crippen molar-refractivity contribution >= 4 is 38.6 Å². The van der Waals surface area contributed by atoms with Gasteiger partial charge in [-0.2, -0.15) is 0 Å². The Kier molecular flexibility index (Phi) is 6.74. The highest BCUT2D eigenvalue weighted by molar-refractivity contribution is 7.89. The standard InChI is InChI=1S/C25H25ClN4O3S/c1-29(2)34(32,33)18-13-14-20(26)19(15-18)25(31)28-22(17-9-5-4-6-10-17)16-24-27-21-11-7-8-12-23(21)30(24)3/h4-15,22H,16H2,1-3H3,(H,28,31)/t22-/m1/s1. The zero-order valence-electron chi connectivity index (χ0n) is 19.1. The second-order valence-corrected chi connectivity index (χ2v) is 10.7. The van der Waals surface area contributed by atoms with Crippen LogP contribution >= 0.6 is 11.6 Å². The van der Waals surface area contributed by atoms with Crippen LogP contribution in [-0.4, -0.2) is 42.3 Å². The molecule has 4 aromatic rings. The van der Waals surface area contributed by atoms with Gasteiger partial charge in [0.15, 0.2) is 0 Å².